The molecule has 160 valence electrons. The summed E-state index contributed by atoms with van der Waals surface area (Å²) in [7, 11) is 3.19. The van der Waals surface area contributed by atoms with Gasteiger partial charge in [-0.2, -0.15) is 0 Å². The Kier molecular flexibility index (Phi) is 7.67. The van der Waals surface area contributed by atoms with Crippen LogP contribution in [0.2, 0.25) is 0 Å². The van der Waals surface area contributed by atoms with E-state index in [4.69, 9.17) is 14.2 Å². The zero-order chi connectivity index (χ0) is 22.2. The molecule has 0 spiro atoms. The van der Waals surface area contributed by atoms with Crippen LogP contribution in [0.3, 0.4) is 0 Å². The van der Waals surface area contributed by atoms with Crippen LogP contribution in [-0.2, 0) is 9.53 Å². The van der Waals surface area contributed by atoms with Crippen molar-refractivity contribution in [3.8, 4) is 11.5 Å². The number of nitrogens with one attached hydrogen (secondary N) is 1. The molecule has 1 amide bonds. The van der Waals surface area contributed by atoms with Crippen molar-refractivity contribution in [1.82, 2.24) is 5.32 Å². The summed E-state index contributed by atoms with van der Waals surface area (Å²) in [6.07, 6.45) is 0. The molecule has 0 aliphatic rings. The van der Waals surface area contributed by atoms with E-state index in [0.29, 0.717) is 21.5 Å². The SMILES string of the molecule is COc1ccc(C(NC(=O)COC(=O)c2ccccc2Br)c2ccc(OC)cc2)cc1. The highest BCUT2D eigenvalue weighted by atomic mass is 79.9. The second-order valence-electron chi connectivity index (χ2n) is 6.60. The van der Waals surface area contributed by atoms with Crippen LogP contribution >= 0.6 is 15.9 Å². The molecule has 3 rings (SSSR count). The molecular formula is C24H22BrNO5. The zero-order valence-corrected chi connectivity index (χ0v) is 18.7. The van der Waals surface area contributed by atoms with Gasteiger partial charge in [0, 0.05) is 4.47 Å². The number of hydrogen-bond acceptors (Lipinski definition) is 5. The van der Waals surface area contributed by atoms with Crippen LogP contribution in [0.1, 0.15) is 27.5 Å². The lowest BCUT2D eigenvalue weighted by atomic mass is 9.98. The smallest absolute Gasteiger partial charge is 0.339 e. The third kappa shape index (κ3) is 5.86. The van der Waals surface area contributed by atoms with Gasteiger partial charge in [-0.1, -0.05) is 36.4 Å². The first-order valence-corrected chi connectivity index (χ1v) is 10.3. The van der Waals surface area contributed by atoms with Crippen molar-refractivity contribution in [1.29, 1.82) is 0 Å². The van der Waals surface area contributed by atoms with Crippen LogP contribution in [-0.4, -0.2) is 32.7 Å². The van der Waals surface area contributed by atoms with Crippen LogP contribution in [0.5, 0.6) is 11.5 Å². The molecule has 31 heavy (non-hydrogen) atoms. The van der Waals surface area contributed by atoms with Crippen LogP contribution in [0.15, 0.2) is 77.3 Å². The molecule has 0 fully saturated rings. The number of benzene rings is 3. The minimum atomic E-state index is -0.576. The van der Waals surface area contributed by atoms with E-state index in [1.807, 2.05) is 48.5 Å². The van der Waals surface area contributed by atoms with Gasteiger partial charge in [0.2, 0.25) is 0 Å². The molecule has 0 radical (unpaired) electrons. The number of esters is 1. The van der Waals surface area contributed by atoms with Crippen LogP contribution in [0.25, 0.3) is 0 Å². The van der Waals surface area contributed by atoms with Gasteiger partial charge in [0.25, 0.3) is 5.91 Å². The topological polar surface area (TPSA) is 73.9 Å². The summed E-state index contributed by atoms with van der Waals surface area (Å²) in [6.45, 7) is -0.400. The fraction of sp³-hybridized carbons (Fsp3) is 0.167. The average Bonchev–Trinajstić information content (AvgIpc) is 2.81. The number of carbonyl (C=O) groups is 2. The molecule has 1 N–H and O–H groups in total. The molecule has 6 nitrogen and oxygen atoms in total. The summed E-state index contributed by atoms with van der Waals surface area (Å²) in [5.74, 6) is 0.432. The maximum Gasteiger partial charge on any atom is 0.339 e. The van der Waals surface area contributed by atoms with Gasteiger partial charge >= 0.3 is 5.97 Å². The number of methoxy groups -OCH3 is 2. The average molecular weight is 484 g/mol. The van der Waals surface area contributed by atoms with Crippen molar-refractivity contribution < 1.29 is 23.8 Å². The minimum absolute atomic E-state index is 0.358. The van der Waals surface area contributed by atoms with Gasteiger partial charge in [-0.3, -0.25) is 4.79 Å². The molecule has 7 heteroatoms. The predicted octanol–water partition coefficient (Wildman–Crippen LogP) is 4.53. The number of halogens is 1. The van der Waals surface area contributed by atoms with Crippen molar-refractivity contribution in [3.63, 3.8) is 0 Å². The first-order valence-electron chi connectivity index (χ1n) is 9.50. The quantitative estimate of drug-likeness (QED) is 0.476. The van der Waals surface area contributed by atoms with E-state index in [1.165, 1.54) is 0 Å². The number of rotatable bonds is 8. The molecule has 0 saturated heterocycles. The molecule has 0 atom stereocenters. The van der Waals surface area contributed by atoms with E-state index in [0.717, 1.165) is 11.1 Å². The van der Waals surface area contributed by atoms with Gasteiger partial charge in [-0.15, -0.1) is 0 Å². The van der Waals surface area contributed by atoms with Crippen molar-refractivity contribution in [2.24, 2.45) is 0 Å². The molecule has 0 bridgehead atoms. The Labute approximate surface area is 189 Å². The van der Waals surface area contributed by atoms with Crippen LogP contribution < -0.4 is 14.8 Å². The molecule has 0 aliphatic carbocycles. The summed E-state index contributed by atoms with van der Waals surface area (Å²) < 4.78 is 16.2. The third-order valence-corrected chi connectivity index (χ3v) is 5.32. The van der Waals surface area contributed by atoms with E-state index < -0.39 is 24.5 Å². The number of ether oxygens (including phenoxy) is 3. The maximum absolute atomic E-state index is 12.6. The maximum atomic E-state index is 12.6. The van der Waals surface area contributed by atoms with E-state index in [-0.39, 0.29) is 0 Å². The van der Waals surface area contributed by atoms with E-state index in [1.54, 1.807) is 38.5 Å². The lowest BCUT2D eigenvalue weighted by Crippen LogP contribution is -2.33. The fourth-order valence-electron chi connectivity index (χ4n) is 2.99. The molecule has 3 aromatic carbocycles. The van der Waals surface area contributed by atoms with Crippen LogP contribution in [0.4, 0.5) is 0 Å². The standard InChI is InChI=1S/C24H22BrNO5/c1-29-18-11-7-16(8-12-18)23(17-9-13-19(30-2)14-10-17)26-22(27)15-31-24(28)20-5-3-4-6-21(20)25/h3-14,23H,15H2,1-2H3,(H,26,27). The van der Waals surface area contributed by atoms with Crippen LogP contribution in [0, 0.1) is 0 Å². The molecule has 0 saturated carbocycles. The Hall–Kier alpha value is -3.32. The second-order valence-corrected chi connectivity index (χ2v) is 7.46. The van der Waals surface area contributed by atoms with Gasteiger partial charge in [0.15, 0.2) is 6.61 Å². The number of amides is 1. The Bertz CT molecular complexity index is 987. The molecule has 0 aliphatic heterocycles. The predicted molar refractivity (Wildman–Crippen MR) is 120 cm³/mol. The third-order valence-electron chi connectivity index (χ3n) is 4.63. The Morgan fingerprint density at radius 2 is 1.35 bits per heavy atom. The molecule has 0 aromatic heterocycles. The van der Waals surface area contributed by atoms with E-state index in [9.17, 15) is 9.59 Å². The van der Waals surface area contributed by atoms with Crippen molar-refractivity contribution in [3.05, 3.63) is 94.0 Å². The van der Waals surface area contributed by atoms with Gasteiger partial charge < -0.3 is 19.5 Å². The van der Waals surface area contributed by atoms with Crippen molar-refractivity contribution in [2.75, 3.05) is 20.8 Å². The molecule has 0 unspecified atom stereocenters. The largest absolute Gasteiger partial charge is 0.497 e. The van der Waals surface area contributed by atoms with Crippen molar-refractivity contribution >= 4 is 27.8 Å². The highest BCUT2D eigenvalue weighted by Gasteiger charge is 2.19. The van der Waals surface area contributed by atoms with Gasteiger partial charge in [-0.25, -0.2) is 4.79 Å². The minimum Gasteiger partial charge on any atom is -0.497 e. The summed E-state index contributed by atoms with van der Waals surface area (Å²) in [5, 5.41) is 2.94. The normalized spacial score (nSPS) is 10.5. The fourth-order valence-corrected chi connectivity index (χ4v) is 3.44. The lowest BCUT2D eigenvalue weighted by molar-refractivity contribution is -0.124. The number of carbonyl (C=O) groups excluding carboxylic acids is 2. The summed E-state index contributed by atoms with van der Waals surface area (Å²) in [6, 6.07) is 21.2. The highest BCUT2D eigenvalue weighted by Crippen LogP contribution is 2.26. The summed E-state index contributed by atoms with van der Waals surface area (Å²) >= 11 is 3.31. The van der Waals surface area contributed by atoms with Gasteiger partial charge in [0.05, 0.1) is 25.8 Å². The first-order chi connectivity index (χ1) is 15.0. The molecule has 3 aromatic rings. The Morgan fingerprint density at radius 1 is 0.839 bits per heavy atom. The number of hydrogen-bond donors (Lipinski definition) is 1. The first kappa shape index (κ1) is 22.4. The second kappa shape index (κ2) is 10.6. The van der Waals surface area contributed by atoms with E-state index >= 15 is 0 Å². The lowest BCUT2D eigenvalue weighted by Gasteiger charge is -2.20. The highest BCUT2D eigenvalue weighted by molar-refractivity contribution is 9.10. The Balaban J connectivity index is 1.74. The molecule has 0 heterocycles. The van der Waals surface area contributed by atoms with E-state index in [2.05, 4.69) is 21.2 Å². The van der Waals surface area contributed by atoms with Gasteiger partial charge in [0.1, 0.15) is 11.5 Å². The monoisotopic (exact) mass is 483 g/mol. The summed E-state index contributed by atoms with van der Waals surface area (Å²) in [4.78, 5) is 24.9. The van der Waals surface area contributed by atoms with Crippen molar-refractivity contribution in [2.45, 2.75) is 6.04 Å². The zero-order valence-electron chi connectivity index (χ0n) is 17.1. The van der Waals surface area contributed by atoms with Gasteiger partial charge in [-0.05, 0) is 63.5 Å². The Morgan fingerprint density at radius 3 is 1.84 bits per heavy atom. The summed E-state index contributed by atoms with van der Waals surface area (Å²) in [5.41, 5.74) is 2.07. The molecular weight excluding hydrogens is 462 g/mol.